The number of nitro benzene ring substituents is 1. The Hall–Kier alpha value is -2.77. The normalized spacial score (nSPS) is 12.2. The lowest BCUT2D eigenvalue weighted by atomic mass is 10.1. The van der Waals surface area contributed by atoms with E-state index in [-0.39, 0.29) is 28.2 Å². The van der Waals surface area contributed by atoms with Crippen molar-refractivity contribution in [2.75, 3.05) is 0 Å². The van der Waals surface area contributed by atoms with E-state index in [0.717, 1.165) is 6.07 Å². The van der Waals surface area contributed by atoms with E-state index >= 15 is 0 Å². The number of aliphatic hydroxyl groups excluding tert-OH is 1. The van der Waals surface area contributed by atoms with Gasteiger partial charge in [-0.15, -0.1) is 0 Å². The van der Waals surface area contributed by atoms with Crippen molar-refractivity contribution in [1.29, 1.82) is 0 Å². The zero-order chi connectivity index (χ0) is 17.3. The highest BCUT2D eigenvalue weighted by molar-refractivity contribution is 6.33. The summed E-state index contributed by atoms with van der Waals surface area (Å²) in [6.45, 7) is -0.0117. The van der Waals surface area contributed by atoms with Gasteiger partial charge in [0.1, 0.15) is 5.02 Å². The lowest BCUT2D eigenvalue weighted by Crippen LogP contribution is -2.23. The summed E-state index contributed by atoms with van der Waals surface area (Å²) in [5, 5.41) is 21.2. The van der Waals surface area contributed by atoms with Gasteiger partial charge in [0.2, 0.25) is 0 Å². The van der Waals surface area contributed by atoms with Crippen LogP contribution in [0.15, 0.2) is 53.6 Å². The molecule has 0 radical (unpaired) electrons. The number of rotatable bonds is 4. The molecule has 0 aliphatic heterocycles. The number of benzene rings is 2. The third kappa shape index (κ3) is 2.99. The first-order valence-corrected chi connectivity index (χ1v) is 7.41. The second kappa shape index (κ2) is 6.38. The van der Waals surface area contributed by atoms with Crippen molar-refractivity contribution in [2.24, 2.45) is 0 Å². The molecule has 0 aliphatic rings. The minimum absolute atomic E-state index is 0.0117. The topological polar surface area (TPSA) is 98.3 Å². The van der Waals surface area contributed by atoms with Crippen LogP contribution in [-0.2, 0) is 6.54 Å². The fourth-order valence-corrected chi connectivity index (χ4v) is 2.63. The van der Waals surface area contributed by atoms with Gasteiger partial charge < -0.3 is 5.11 Å². The number of halogens is 1. The van der Waals surface area contributed by atoms with Crippen LogP contribution in [0.25, 0.3) is 10.9 Å². The Balaban J connectivity index is 2.04. The van der Waals surface area contributed by atoms with Gasteiger partial charge in [-0.25, -0.2) is 4.98 Å². The Morgan fingerprint density at radius 1 is 1.29 bits per heavy atom. The highest BCUT2D eigenvalue weighted by atomic mass is 35.5. The van der Waals surface area contributed by atoms with Gasteiger partial charge in [0.15, 0.2) is 0 Å². The number of aliphatic hydroxyl groups is 1. The summed E-state index contributed by atoms with van der Waals surface area (Å²) in [5.41, 5.74) is 0.0896. The summed E-state index contributed by atoms with van der Waals surface area (Å²) < 4.78 is 1.22. The first kappa shape index (κ1) is 16.1. The molecule has 0 bridgehead atoms. The Morgan fingerprint density at radius 2 is 2.00 bits per heavy atom. The molecule has 1 heterocycles. The predicted molar refractivity (Wildman–Crippen MR) is 89.1 cm³/mol. The van der Waals surface area contributed by atoms with E-state index in [1.807, 2.05) is 6.07 Å². The van der Waals surface area contributed by atoms with Crippen LogP contribution in [0.5, 0.6) is 0 Å². The summed E-state index contributed by atoms with van der Waals surface area (Å²) in [6, 6.07) is 11.3. The molecule has 0 fully saturated rings. The van der Waals surface area contributed by atoms with Crippen LogP contribution in [-0.4, -0.2) is 19.6 Å². The van der Waals surface area contributed by atoms with Crippen molar-refractivity contribution in [3.63, 3.8) is 0 Å². The fraction of sp³-hybridized carbons (Fsp3) is 0.125. The molecule has 0 aliphatic carbocycles. The monoisotopic (exact) mass is 345 g/mol. The molecular weight excluding hydrogens is 334 g/mol. The SMILES string of the molecule is O=c1c2cc([N+](=O)[O-])c(Cl)cc2ncn1C[C@@H](O)c1ccccc1. The number of hydrogen-bond donors (Lipinski definition) is 1. The van der Waals surface area contributed by atoms with E-state index in [0.29, 0.717) is 5.56 Å². The van der Waals surface area contributed by atoms with Gasteiger partial charge in [0.05, 0.1) is 34.8 Å². The Morgan fingerprint density at radius 3 is 2.67 bits per heavy atom. The quantitative estimate of drug-likeness (QED) is 0.579. The van der Waals surface area contributed by atoms with Crippen LogP contribution < -0.4 is 5.56 Å². The van der Waals surface area contributed by atoms with E-state index in [2.05, 4.69) is 4.98 Å². The van der Waals surface area contributed by atoms with E-state index in [1.165, 1.54) is 17.0 Å². The number of aromatic nitrogens is 2. The van der Waals surface area contributed by atoms with Crippen LogP contribution in [0.3, 0.4) is 0 Å². The Bertz CT molecular complexity index is 972. The standard InChI is InChI=1S/C16H12ClN3O4/c17-12-7-13-11(6-14(12)20(23)24)16(22)19(9-18-13)8-15(21)10-4-2-1-3-5-10/h1-7,9,15,21H,8H2/t15-/m1/s1. The molecule has 3 rings (SSSR count). The second-order valence-electron chi connectivity index (χ2n) is 5.21. The number of hydrogen-bond acceptors (Lipinski definition) is 5. The summed E-state index contributed by atoms with van der Waals surface area (Å²) in [7, 11) is 0. The highest BCUT2D eigenvalue weighted by Gasteiger charge is 2.17. The second-order valence-corrected chi connectivity index (χ2v) is 5.61. The maximum absolute atomic E-state index is 12.5. The van der Waals surface area contributed by atoms with Crippen LogP contribution in [0.4, 0.5) is 5.69 Å². The van der Waals surface area contributed by atoms with E-state index < -0.39 is 16.6 Å². The van der Waals surface area contributed by atoms with E-state index in [9.17, 15) is 20.0 Å². The van der Waals surface area contributed by atoms with Gasteiger partial charge in [-0.2, -0.15) is 0 Å². The molecule has 0 saturated heterocycles. The van der Waals surface area contributed by atoms with Crippen LogP contribution in [0.1, 0.15) is 11.7 Å². The van der Waals surface area contributed by atoms with Crippen molar-refractivity contribution < 1.29 is 10.0 Å². The molecule has 1 N–H and O–H groups in total. The van der Waals surface area contributed by atoms with Gasteiger partial charge in [0, 0.05) is 6.07 Å². The molecule has 24 heavy (non-hydrogen) atoms. The molecule has 0 spiro atoms. The van der Waals surface area contributed by atoms with Crippen LogP contribution in [0, 0.1) is 10.1 Å². The predicted octanol–water partition coefficient (Wildman–Crippen LogP) is 2.69. The maximum atomic E-state index is 12.5. The number of nitrogens with zero attached hydrogens (tertiary/aromatic N) is 3. The van der Waals surface area contributed by atoms with Crippen molar-refractivity contribution >= 4 is 28.2 Å². The van der Waals surface area contributed by atoms with E-state index in [1.54, 1.807) is 24.3 Å². The smallest absolute Gasteiger partial charge is 0.288 e. The van der Waals surface area contributed by atoms with Gasteiger partial charge in [-0.3, -0.25) is 19.5 Å². The average molecular weight is 346 g/mol. The molecule has 1 aromatic heterocycles. The molecule has 0 amide bonds. The Kier molecular flexibility index (Phi) is 4.28. The molecule has 0 saturated carbocycles. The highest BCUT2D eigenvalue weighted by Crippen LogP contribution is 2.27. The molecule has 7 nitrogen and oxygen atoms in total. The third-order valence-electron chi connectivity index (χ3n) is 3.64. The summed E-state index contributed by atoms with van der Waals surface area (Å²) in [5.74, 6) is 0. The van der Waals surface area contributed by atoms with Gasteiger partial charge in [-0.05, 0) is 11.6 Å². The number of fused-ring (bicyclic) bond motifs is 1. The van der Waals surface area contributed by atoms with Gasteiger partial charge >= 0.3 is 0 Å². The molecular formula is C16H12ClN3O4. The van der Waals surface area contributed by atoms with Gasteiger partial charge in [0.25, 0.3) is 11.2 Å². The zero-order valence-corrected chi connectivity index (χ0v) is 13.1. The van der Waals surface area contributed by atoms with Crippen molar-refractivity contribution in [1.82, 2.24) is 9.55 Å². The summed E-state index contributed by atoms with van der Waals surface area (Å²) in [6.07, 6.45) is 0.393. The third-order valence-corrected chi connectivity index (χ3v) is 3.95. The lowest BCUT2D eigenvalue weighted by molar-refractivity contribution is -0.384. The summed E-state index contributed by atoms with van der Waals surface area (Å²) >= 11 is 5.82. The molecule has 0 unspecified atom stereocenters. The van der Waals surface area contributed by atoms with Crippen molar-refractivity contribution in [3.8, 4) is 0 Å². The zero-order valence-electron chi connectivity index (χ0n) is 12.3. The lowest BCUT2D eigenvalue weighted by Gasteiger charge is -2.13. The molecule has 2 aromatic carbocycles. The first-order chi connectivity index (χ1) is 11.5. The average Bonchev–Trinajstić information content (AvgIpc) is 2.57. The van der Waals surface area contributed by atoms with Crippen molar-refractivity contribution in [3.05, 3.63) is 79.8 Å². The fourth-order valence-electron chi connectivity index (χ4n) is 2.41. The molecule has 3 aromatic rings. The van der Waals surface area contributed by atoms with Crippen LogP contribution in [0.2, 0.25) is 5.02 Å². The number of nitro groups is 1. The minimum atomic E-state index is -0.898. The molecule has 1 atom stereocenters. The largest absolute Gasteiger partial charge is 0.387 e. The van der Waals surface area contributed by atoms with Crippen LogP contribution >= 0.6 is 11.6 Å². The van der Waals surface area contributed by atoms with E-state index in [4.69, 9.17) is 11.6 Å². The minimum Gasteiger partial charge on any atom is -0.387 e. The van der Waals surface area contributed by atoms with Gasteiger partial charge in [-0.1, -0.05) is 41.9 Å². The molecule has 8 heteroatoms. The maximum Gasteiger partial charge on any atom is 0.288 e. The summed E-state index contributed by atoms with van der Waals surface area (Å²) in [4.78, 5) is 26.9. The first-order valence-electron chi connectivity index (χ1n) is 7.03. The Labute approximate surface area is 140 Å². The molecule has 122 valence electrons. The van der Waals surface area contributed by atoms with Crippen molar-refractivity contribution in [2.45, 2.75) is 12.6 Å².